The van der Waals surface area contributed by atoms with Crippen molar-refractivity contribution in [3.63, 3.8) is 0 Å². The van der Waals surface area contributed by atoms with Crippen LogP contribution in [0.25, 0.3) is 0 Å². The predicted molar refractivity (Wildman–Crippen MR) is 134 cm³/mol. The molecule has 186 valence electrons. The van der Waals surface area contributed by atoms with Crippen LogP contribution in [0.5, 0.6) is 0 Å². The van der Waals surface area contributed by atoms with E-state index in [4.69, 9.17) is 14.2 Å². The van der Waals surface area contributed by atoms with E-state index < -0.39 is 6.04 Å². The fraction of sp³-hybridized carbons (Fsp3) is 0.556. The number of aliphatic hydroxyl groups excluding tert-OH is 1. The lowest BCUT2D eigenvalue weighted by Crippen LogP contribution is -2.38. The molecule has 6 nitrogen and oxygen atoms in total. The minimum Gasteiger partial charge on any atom is -0.504 e. The molecule has 1 aliphatic rings. The van der Waals surface area contributed by atoms with Gasteiger partial charge in [-0.2, -0.15) is 0 Å². The van der Waals surface area contributed by atoms with E-state index in [1.54, 1.807) is 14.0 Å². The molecule has 3 unspecified atom stereocenters. The zero-order chi connectivity index (χ0) is 25.1. The number of methoxy groups -OCH3 is 3. The highest BCUT2D eigenvalue weighted by atomic mass is 16.6. The number of allylic oxidation sites excluding steroid dienone is 5. The molecule has 1 aliphatic heterocycles. The molecule has 0 aromatic rings. The quantitative estimate of drug-likeness (QED) is 0.252. The lowest BCUT2D eigenvalue weighted by atomic mass is 9.95. The predicted octanol–water partition coefficient (Wildman–Crippen LogP) is 6.59. The van der Waals surface area contributed by atoms with Crippen LogP contribution in [-0.4, -0.2) is 48.9 Å². The molecule has 0 aromatic carbocycles. The minimum atomic E-state index is -0.425. The van der Waals surface area contributed by atoms with Crippen LogP contribution in [0.2, 0.25) is 0 Å². The van der Waals surface area contributed by atoms with E-state index in [1.807, 2.05) is 0 Å². The molecule has 6 heteroatoms. The Bertz CT molecular complexity index is 831. The maximum absolute atomic E-state index is 10.6. The first-order chi connectivity index (χ1) is 15.6. The van der Waals surface area contributed by atoms with Gasteiger partial charge in [0.05, 0.1) is 26.4 Å². The Kier molecular flexibility index (Phi) is 12.1. The summed E-state index contributed by atoms with van der Waals surface area (Å²) in [6.07, 6.45) is 13.2. The lowest BCUT2D eigenvalue weighted by Gasteiger charge is -2.33. The third-order valence-corrected chi connectivity index (χ3v) is 5.93. The number of aliphatic hydroxyl groups is 1. The van der Waals surface area contributed by atoms with Crippen molar-refractivity contribution < 1.29 is 24.5 Å². The van der Waals surface area contributed by atoms with Crippen LogP contribution >= 0.6 is 0 Å². The Balaban J connectivity index is 2.80. The van der Waals surface area contributed by atoms with E-state index in [0.717, 1.165) is 17.9 Å². The van der Waals surface area contributed by atoms with Gasteiger partial charge in [0.2, 0.25) is 5.76 Å². The van der Waals surface area contributed by atoms with Gasteiger partial charge in [0.1, 0.15) is 0 Å². The van der Waals surface area contributed by atoms with Crippen LogP contribution < -0.4 is 0 Å². The van der Waals surface area contributed by atoms with Crippen LogP contribution in [0.4, 0.5) is 0 Å². The van der Waals surface area contributed by atoms with Crippen molar-refractivity contribution >= 4 is 0 Å². The van der Waals surface area contributed by atoms with Gasteiger partial charge >= 0.3 is 0 Å². The molecule has 0 saturated heterocycles. The first-order valence-electron chi connectivity index (χ1n) is 11.5. The topological polar surface area (TPSA) is 71.4 Å². The van der Waals surface area contributed by atoms with Crippen molar-refractivity contribution in [2.75, 3.05) is 21.3 Å². The molecule has 0 aromatic heterocycles. The fourth-order valence-corrected chi connectivity index (χ4v) is 4.15. The zero-order valence-corrected chi connectivity index (χ0v) is 21.8. The maximum atomic E-state index is 10.6. The summed E-state index contributed by atoms with van der Waals surface area (Å²) in [4.78, 5) is 0. The van der Waals surface area contributed by atoms with Gasteiger partial charge in [-0.3, -0.25) is 5.21 Å². The highest BCUT2D eigenvalue weighted by Gasteiger charge is 2.34. The monoisotopic (exact) mass is 461 g/mol. The van der Waals surface area contributed by atoms with E-state index in [9.17, 15) is 10.3 Å². The van der Waals surface area contributed by atoms with Crippen molar-refractivity contribution in [1.29, 1.82) is 0 Å². The van der Waals surface area contributed by atoms with Crippen LogP contribution in [0.1, 0.15) is 60.8 Å². The van der Waals surface area contributed by atoms with E-state index >= 15 is 0 Å². The summed E-state index contributed by atoms with van der Waals surface area (Å²) in [5, 5.41) is 22.0. The number of nitrogens with zero attached hydrogens (tertiary/aromatic N) is 1. The van der Waals surface area contributed by atoms with Gasteiger partial charge in [-0.15, -0.1) is 0 Å². The van der Waals surface area contributed by atoms with Crippen LogP contribution in [0.3, 0.4) is 0 Å². The Morgan fingerprint density at radius 1 is 1.12 bits per heavy atom. The summed E-state index contributed by atoms with van der Waals surface area (Å²) in [5.41, 5.74) is 4.26. The number of rotatable bonds is 12. The van der Waals surface area contributed by atoms with Crippen molar-refractivity contribution in [2.24, 2.45) is 5.92 Å². The number of hydroxylamine groups is 2. The molecule has 1 heterocycles. The third kappa shape index (κ3) is 7.83. The Morgan fingerprint density at radius 3 is 2.33 bits per heavy atom. The summed E-state index contributed by atoms with van der Waals surface area (Å²) >= 11 is 0. The summed E-state index contributed by atoms with van der Waals surface area (Å²) in [7, 11) is 4.62. The summed E-state index contributed by atoms with van der Waals surface area (Å²) in [6.45, 7) is 12.4. The smallest absolute Gasteiger partial charge is 0.261 e. The second-order valence-corrected chi connectivity index (χ2v) is 8.61. The number of hydrogen-bond acceptors (Lipinski definition) is 6. The van der Waals surface area contributed by atoms with Gasteiger partial charge in [-0.25, -0.2) is 5.06 Å². The molecule has 0 bridgehead atoms. The van der Waals surface area contributed by atoms with E-state index in [-0.39, 0.29) is 29.4 Å². The van der Waals surface area contributed by atoms with Gasteiger partial charge in [0.25, 0.3) is 5.88 Å². The van der Waals surface area contributed by atoms with Crippen molar-refractivity contribution in [1.82, 2.24) is 5.06 Å². The fourth-order valence-electron chi connectivity index (χ4n) is 4.15. The average molecular weight is 462 g/mol. The maximum Gasteiger partial charge on any atom is 0.261 e. The van der Waals surface area contributed by atoms with Gasteiger partial charge < -0.3 is 19.3 Å². The standard InChI is InChI=1S/C27H43NO5/c1-10-12-20(4)25(31-7)21(5)17-19(3)14-11-13-18(2)15-16-23-22(6)24(29)26(32-8)27(33-9)28(23)30/h11-12,14-15,17,21,23,25,29-30H,10,13,16H2,1-9H3. The first kappa shape index (κ1) is 28.6. The Morgan fingerprint density at radius 2 is 1.79 bits per heavy atom. The van der Waals surface area contributed by atoms with Crippen LogP contribution in [-0.2, 0) is 14.2 Å². The molecular weight excluding hydrogens is 418 g/mol. The van der Waals surface area contributed by atoms with Gasteiger partial charge in [-0.1, -0.05) is 55.4 Å². The second-order valence-electron chi connectivity index (χ2n) is 8.61. The molecule has 1 rings (SSSR count). The minimum absolute atomic E-state index is 0.00358. The highest BCUT2D eigenvalue weighted by molar-refractivity contribution is 5.34. The van der Waals surface area contributed by atoms with Gasteiger partial charge in [-0.05, 0) is 58.1 Å². The van der Waals surface area contributed by atoms with Crippen LogP contribution in [0, 0.1) is 5.92 Å². The second kappa shape index (κ2) is 14.0. The molecular formula is C27H43NO5. The summed E-state index contributed by atoms with van der Waals surface area (Å²) in [5.74, 6) is 0.516. The average Bonchev–Trinajstić information content (AvgIpc) is 2.76. The molecule has 0 aliphatic carbocycles. The van der Waals surface area contributed by atoms with Crippen molar-refractivity contribution in [2.45, 2.75) is 73.0 Å². The molecule has 33 heavy (non-hydrogen) atoms. The molecule has 0 radical (unpaired) electrons. The molecule has 0 saturated carbocycles. The number of hydrogen-bond donors (Lipinski definition) is 2. The summed E-state index contributed by atoms with van der Waals surface area (Å²) < 4.78 is 16.1. The van der Waals surface area contributed by atoms with Crippen molar-refractivity contribution in [3.05, 3.63) is 70.1 Å². The highest BCUT2D eigenvalue weighted by Crippen LogP contribution is 2.32. The molecule has 3 atom stereocenters. The number of ether oxygens (including phenoxy) is 3. The molecule has 0 spiro atoms. The Hall–Kier alpha value is -2.44. The Labute approximate surface area is 200 Å². The molecule has 2 N–H and O–H groups in total. The van der Waals surface area contributed by atoms with E-state index in [2.05, 4.69) is 65.0 Å². The molecule has 0 amide bonds. The third-order valence-electron chi connectivity index (χ3n) is 5.93. The summed E-state index contributed by atoms with van der Waals surface area (Å²) in [6, 6.07) is -0.425. The van der Waals surface area contributed by atoms with Crippen molar-refractivity contribution in [3.8, 4) is 0 Å². The van der Waals surface area contributed by atoms with E-state index in [1.165, 1.54) is 30.9 Å². The van der Waals surface area contributed by atoms with Gasteiger partial charge in [0.15, 0.2) is 5.76 Å². The van der Waals surface area contributed by atoms with E-state index in [0.29, 0.717) is 12.0 Å². The van der Waals surface area contributed by atoms with Crippen LogP contribution in [0.15, 0.2) is 70.1 Å². The lowest BCUT2D eigenvalue weighted by molar-refractivity contribution is -0.133. The SMILES string of the molecule is CCC=C(C)C(OC)C(C)C=C(C)C=CCC(C)=CCC1C(C)=C(O)C(OC)=C(OC)N1O. The zero-order valence-electron chi connectivity index (χ0n) is 21.8. The molecule has 0 fully saturated rings. The largest absolute Gasteiger partial charge is 0.504 e. The first-order valence-corrected chi connectivity index (χ1v) is 11.5. The normalized spacial score (nSPS) is 20.6. The van der Waals surface area contributed by atoms with Gasteiger partial charge in [0, 0.05) is 13.0 Å².